The molecule has 1 aromatic rings. The van der Waals surface area contributed by atoms with Gasteiger partial charge in [-0.15, -0.1) is 0 Å². The molecule has 2 N–H and O–H groups in total. The molecule has 0 fully saturated rings. The smallest absolute Gasteiger partial charge is 0.268 e. The highest BCUT2D eigenvalue weighted by Gasteiger charge is 2.24. The van der Waals surface area contributed by atoms with Crippen molar-refractivity contribution in [3.63, 3.8) is 0 Å². The van der Waals surface area contributed by atoms with Gasteiger partial charge in [0, 0.05) is 10.6 Å². The van der Waals surface area contributed by atoms with E-state index >= 15 is 0 Å². The second-order valence-electron chi connectivity index (χ2n) is 2.13. The lowest BCUT2D eigenvalue weighted by Gasteiger charge is -2.09. The van der Waals surface area contributed by atoms with Crippen LogP contribution in [0.25, 0.3) is 0 Å². The molecule has 0 radical (unpaired) electrons. The molecule has 0 unspecified atom stereocenters. The highest BCUT2D eigenvalue weighted by atomic mass is 35.5. The van der Waals surface area contributed by atoms with Crippen molar-refractivity contribution in [1.82, 2.24) is 0 Å². The lowest BCUT2D eigenvalue weighted by Crippen LogP contribution is -2.24. The number of alkyl halides is 2. The fourth-order valence-corrected chi connectivity index (χ4v) is 0.798. The number of rotatable bonds is 1. The maximum Gasteiger partial charge on any atom is 0.326 e. The van der Waals surface area contributed by atoms with Crippen LogP contribution in [0.4, 0.5) is 8.78 Å². The Balaban J connectivity index is 2.99. The zero-order valence-electron chi connectivity index (χ0n) is 5.52. The summed E-state index contributed by atoms with van der Waals surface area (Å²) in [7, 11) is 0. The van der Waals surface area contributed by atoms with Crippen LogP contribution >= 0.6 is 11.6 Å². The van der Waals surface area contributed by atoms with E-state index in [-0.39, 0.29) is 5.56 Å². The SMILES string of the molecule is NC(F)(F)c1ccc(Cl)cc1. The maximum atomic E-state index is 12.3. The van der Waals surface area contributed by atoms with E-state index < -0.39 is 6.05 Å². The van der Waals surface area contributed by atoms with E-state index in [4.69, 9.17) is 11.6 Å². The van der Waals surface area contributed by atoms with Gasteiger partial charge in [-0.1, -0.05) is 23.7 Å². The minimum absolute atomic E-state index is 0.234. The molecule has 1 aromatic carbocycles. The molecule has 1 rings (SSSR count). The van der Waals surface area contributed by atoms with E-state index in [1.54, 1.807) is 0 Å². The number of nitrogens with two attached hydrogens (primary N) is 1. The summed E-state index contributed by atoms with van der Waals surface area (Å²) in [5.74, 6) is 0. The van der Waals surface area contributed by atoms with Crippen molar-refractivity contribution < 1.29 is 8.78 Å². The molecule has 0 aliphatic heterocycles. The molecule has 60 valence electrons. The average Bonchev–Trinajstić information content (AvgIpc) is 1.86. The Labute approximate surface area is 67.8 Å². The summed E-state index contributed by atoms with van der Waals surface area (Å²) in [6.45, 7) is 0. The molecule has 1 nitrogen and oxygen atoms in total. The molecule has 0 atom stereocenters. The van der Waals surface area contributed by atoms with Crippen molar-refractivity contribution in [3.8, 4) is 0 Å². The van der Waals surface area contributed by atoms with Gasteiger partial charge < -0.3 is 0 Å². The lowest BCUT2D eigenvalue weighted by atomic mass is 10.2. The quantitative estimate of drug-likeness (QED) is 0.655. The van der Waals surface area contributed by atoms with Crippen molar-refractivity contribution in [2.75, 3.05) is 0 Å². The number of benzene rings is 1. The first-order valence-corrected chi connectivity index (χ1v) is 3.30. The Bertz CT molecular complexity index is 240. The lowest BCUT2D eigenvalue weighted by molar-refractivity contribution is 0.00299. The molecule has 0 aliphatic rings. The van der Waals surface area contributed by atoms with E-state index in [0.717, 1.165) is 0 Å². The average molecular weight is 178 g/mol. The first kappa shape index (κ1) is 8.43. The normalized spacial score (nSPS) is 11.6. The van der Waals surface area contributed by atoms with Crippen LogP contribution in [-0.4, -0.2) is 0 Å². The van der Waals surface area contributed by atoms with E-state index in [0.29, 0.717) is 5.02 Å². The third kappa shape index (κ3) is 2.13. The minimum Gasteiger partial charge on any atom is -0.268 e. The van der Waals surface area contributed by atoms with Crippen LogP contribution in [-0.2, 0) is 6.05 Å². The molecule has 0 heterocycles. The van der Waals surface area contributed by atoms with E-state index in [9.17, 15) is 8.78 Å². The molecule has 0 spiro atoms. The van der Waals surface area contributed by atoms with Crippen LogP contribution in [0.2, 0.25) is 5.02 Å². The van der Waals surface area contributed by atoms with Gasteiger partial charge in [0.15, 0.2) is 0 Å². The number of halogens is 3. The molecule has 4 heteroatoms. The molecule has 0 aliphatic carbocycles. The highest BCUT2D eigenvalue weighted by Crippen LogP contribution is 2.22. The monoisotopic (exact) mass is 177 g/mol. The second kappa shape index (κ2) is 2.75. The fourth-order valence-electron chi connectivity index (χ4n) is 0.672. The third-order valence-corrected chi connectivity index (χ3v) is 1.48. The van der Waals surface area contributed by atoms with Gasteiger partial charge in [-0.2, -0.15) is 8.78 Å². The summed E-state index contributed by atoms with van der Waals surface area (Å²) in [5, 5.41) is 0.415. The molecule has 0 amide bonds. The highest BCUT2D eigenvalue weighted by molar-refractivity contribution is 6.30. The van der Waals surface area contributed by atoms with Crippen molar-refractivity contribution in [2.45, 2.75) is 6.05 Å². The maximum absolute atomic E-state index is 12.3. The van der Waals surface area contributed by atoms with Crippen molar-refractivity contribution in [3.05, 3.63) is 34.9 Å². The summed E-state index contributed by atoms with van der Waals surface area (Å²) in [6.07, 6.45) is 0. The molecular formula is C7H6ClF2N. The minimum atomic E-state index is -3.27. The van der Waals surface area contributed by atoms with Gasteiger partial charge >= 0.3 is 6.05 Å². The molecule has 11 heavy (non-hydrogen) atoms. The van der Waals surface area contributed by atoms with Crippen molar-refractivity contribution in [2.24, 2.45) is 5.73 Å². The van der Waals surface area contributed by atoms with Crippen molar-refractivity contribution >= 4 is 11.6 Å². The van der Waals surface area contributed by atoms with Crippen LogP contribution in [0.1, 0.15) is 5.56 Å². The van der Waals surface area contributed by atoms with Gasteiger partial charge in [0.2, 0.25) is 0 Å². The van der Waals surface area contributed by atoms with Gasteiger partial charge in [0.25, 0.3) is 0 Å². The van der Waals surface area contributed by atoms with E-state index in [1.807, 2.05) is 0 Å². The van der Waals surface area contributed by atoms with Crippen LogP contribution in [0.15, 0.2) is 24.3 Å². The zero-order chi connectivity index (χ0) is 8.48. The number of hydrogen-bond donors (Lipinski definition) is 1. The Morgan fingerprint density at radius 1 is 1.18 bits per heavy atom. The molecule has 0 saturated heterocycles. The molecule has 0 saturated carbocycles. The number of hydrogen-bond acceptors (Lipinski definition) is 1. The zero-order valence-corrected chi connectivity index (χ0v) is 6.28. The Hall–Kier alpha value is -0.670. The largest absolute Gasteiger partial charge is 0.326 e. The van der Waals surface area contributed by atoms with Gasteiger partial charge in [-0.05, 0) is 12.1 Å². The van der Waals surface area contributed by atoms with Gasteiger partial charge in [-0.25, -0.2) is 0 Å². The first-order chi connectivity index (χ1) is 5.00. The van der Waals surface area contributed by atoms with Crippen LogP contribution in [0.5, 0.6) is 0 Å². The summed E-state index contributed by atoms with van der Waals surface area (Å²) in [4.78, 5) is 0. The van der Waals surface area contributed by atoms with Gasteiger partial charge in [-0.3, -0.25) is 5.73 Å². The summed E-state index contributed by atoms with van der Waals surface area (Å²) >= 11 is 5.48. The topological polar surface area (TPSA) is 26.0 Å². The van der Waals surface area contributed by atoms with Gasteiger partial charge in [0.1, 0.15) is 0 Å². The Morgan fingerprint density at radius 3 is 2.00 bits per heavy atom. The summed E-state index contributed by atoms with van der Waals surface area (Å²) < 4.78 is 24.6. The Kier molecular flexibility index (Phi) is 2.11. The predicted molar refractivity (Wildman–Crippen MR) is 39.5 cm³/mol. The molecular weight excluding hydrogens is 172 g/mol. The van der Waals surface area contributed by atoms with Gasteiger partial charge in [0.05, 0.1) is 0 Å². The molecule has 0 bridgehead atoms. The fraction of sp³-hybridized carbons (Fsp3) is 0.143. The second-order valence-corrected chi connectivity index (χ2v) is 2.57. The summed E-state index contributed by atoms with van der Waals surface area (Å²) in [5.41, 5.74) is 4.30. The van der Waals surface area contributed by atoms with Crippen LogP contribution in [0, 0.1) is 0 Å². The van der Waals surface area contributed by atoms with Crippen LogP contribution in [0.3, 0.4) is 0 Å². The summed E-state index contributed by atoms with van der Waals surface area (Å²) in [6, 6.07) is 1.87. The van der Waals surface area contributed by atoms with Crippen molar-refractivity contribution in [1.29, 1.82) is 0 Å². The van der Waals surface area contributed by atoms with E-state index in [1.165, 1.54) is 24.3 Å². The standard InChI is InChI=1S/C7H6ClF2N/c8-6-3-1-5(2-4-6)7(9,10)11/h1-4H,11H2. The first-order valence-electron chi connectivity index (χ1n) is 2.93. The molecule has 0 aromatic heterocycles. The van der Waals surface area contributed by atoms with E-state index in [2.05, 4.69) is 5.73 Å². The predicted octanol–water partition coefficient (Wildman–Crippen LogP) is 2.35. The Morgan fingerprint density at radius 2 is 1.64 bits per heavy atom. The third-order valence-electron chi connectivity index (χ3n) is 1.23. The van der Waals surface area contributed by atoms with Crippen LogP contribution < -0.4 is 5.73 Å².